The van der Waals surface area contributed by atoms with Gasteiger partial charge in [0.15, 0.2) is 11.5 Å². The molecule has 2 atom stereocenters. The van der Waals surface area contributed by atoms with Crippen LogP contribution >= 0.6 is 0 Å². The number of halogens is 1. The summed E-state index contributed by atoms with van der Waals surface area (Å²) >= 11 is 0. The first kappa shape index (κ1) is 16.7. The molecule has 9 heteroatoms. The zero-order valence-electron chi connectivity index (χ0n) is 13.7. The molecule has 8 nitrogen and oxygen atoms in total. The molecule has 0 aromatic heterocycles. The maximum absolute atomic E-state index is 13.0. The van der Waals surface area contributed by atoms with E-state index < -0.39 is 6.04 Å². The number of carbonyl (C=O) groups excluding carboxylic acids is 1. The Labute approximate surface area is 149 Å². The number of benzene rings is 2. The van der Waals surface area contributed by atoms with E-state index in [0.717, 1.165) is 11.3 Å². The van der Waals surface area contributed by atoms with Gasteiger partial charge in [-0.2, -0.15) is 5.53 Å². The molecule has 0 radical (unpaired) electrons. The summed E-state index contributed by atoms with van der Waals surface area (Å²) < 4.78 is 23.6. The summed E-state index contributed by atoms with van der Waals surface area (Å²) in [6, 6.07) is 10.7. The lowest BCUT2D eigenvalue weighted by Gasteiger charge is -2.19. The van der Waals surface area contributed by atoms with Crippen molar-refractivity contribution in [3.8, 4) is 11.5 Å². The summed E-state index contributed by atoms with van der Waals surface area (Å²) in [7, 11) is 0. The van der Waals surface area contributed by atoms with Crippen LogP contribution in [0, 0.1) is 5.82 Å². The molecule has 1 fully saturated rings. The lowest BCUT2D eigenvalue weighted by molar-refractivity contribution is -0.118. The lowest BCUT2D eigenvalue weighted by Crippen LogP contribution is -2.51. The number of hydrogen-bond donors (Lipinski definition) is 5. The summed E-state index contributed by atoms with van der Waals surface area (Å²) in [5.74, 6) is 0.837. The maximum Gasteiger partial charge on any atom is 0.245 e. The molecule has 1 amide bonds. The number of nitrogens with one attached hydrogen (secondary N) is 5. The summed E-state index contributed by atoms with van der Waals surface area (Å²) in [5, 5.41) is 6.01. The second-order valence-corrected chi connectivity index (χ2v) is 5.93. The predicted octanol–water partition coefficient (Wildman–Crippen LogP) is 0.590. The maximum atomic E-state index is 13.0. The van der Waals surface area contributed by atoms with Crippen molar-refractivity contribution < 1.29 is 18.7 Å². The third kappa shape index (κ3) is 3.60. The van der Waals surface area contributed by atoms with Gasteiger partial charge in [0, 0.05) is 12.2 Å². The van der Waals surface area contributed by atoms with Crippen molar-refractivity contribution in [3.05, 3.63) is 53.8 Å². The SMILES string of the molecule is O=C(Nc1ccc(F)cc1)C1NNNC1NCc1ccc2c(c1)OCO2. The molecule has 136 valence electrons. The van der Waals surface area contributed by atoms with Gasteiger partial charge in [-0.25, -0.2) is 15.2 Å². The van der Waals surface area contributed by atoms with Crippen LogP contribution in [0.15, 0.2) is 42.5 Å². The molecule has 2 heterocycles. The molecule has 2 aliphatic heterocycles. The molecule has 0 aliphatic carbocycles. The van der Waals surface area contributed by atoms with Crippen LogP contribution < -0.4 is 36.5 Å². The Hall–Kier alpha value is -2.72. The number of fused-ring (bicyclic) bond motifs is 1. The Morgan fingerprint density at radius 2 is 1.92 bits per heavy atom. The summed E-state index contributed by atoms with van der Waals surface area (Å²) in [5.41, 5.74) is 10.1. The fraction of sp³-hybridized carbons (Fsp3) is 0.235. The minimum atomic E-state index is -0.561. The first-order valence-electron chi connectivity index (χ1n) is 8.13. The Kier molecular flexibility index (Phi) is 4.67. The van der Waals surface area contributed by atoms with Gasteiger partial charge in [-0.3, -0.25) is 10.1 Å². The Balaban J connectivity index is 1.35. The number of ether oxygens (including phenoxy) is 2. The third-order valence-electron chi connectivity index (χ3n) is 4.15. The highest BCUT2D eigenvalue weighted by Gasteiger charge is 2.32. The van der Waals surface area contributed by atoms with Gasteiger partial charge >= 0.3 is 0 Å². The van der Waals surface area contributed by atoms with Crippen molar-refractivity contribution in [2.24, 2.45) is 0 Å². The van der Waals surface area contributed by atoms with E-state index in [1.165, 1.54) is 24.3 Å². The Morgan fingerprint density at radius 3 is 2.77 bits per heavy atom. The molecule has 2 aliphatic rings. The van der Waals surface area contributed by atoms with E-state index in [1.807, 2.05) is 18.2 Å². The van der Waals surface area contributed by atoms with Gasteiger partial charge in [-0.1, -0.05) is 6.07 Å². The van der Waals surface area contributed by atoms with Gasteiger partial charge in [0.25, 0.3) is 0 Å². The number of amides is 1. The molecular formula is C17H18FN5O3. The van der Waals surface area contributed by atoms with Crippen molar-refractivity contribution in [1.29, 1.82) is 0 Å². The number of anilines is 1. The highest BCUT2D eigenvalue weighted by Crippen LogP contribution is 2.32. The fourth-order valence-corrected chi connectivity index (χ4v) is 2.78. The molecule has 0 bridgehead atoms. The van der Waals surface area contributed by atoms with Crippen molar-refractivity contribution in [2.75, 3.05) is 12.1 Å². The summed E-state index contributed by atoms with van der Waals surface area (Å²) in [6.45, 7) is 0.758. The zero-order chi connectivity index (χ0) is 17.9. The second kappa shape index (κ2) is 7.26. The molecule has 0 saturated carbocycles. The van der Waals surface area contributed by atoms with Gasteiger partial charge in [-0.15, -0.1) is 0 Å². The molecule has 5 N–H and O–H groups in total. The molecule has 2 unspecified atom stereocenters. The Bertz CT molecular complexity index is 801. The van der Waals surface area contributed by atoms with E-state index in [2.05, 4.69) is 27.0 Å². The van der Waals surface area contributed by atoms with Crippen molar-refractivity contribution >= 4 is 11.6 Å². The second-order valence-electron chi connectivity index (χ2n) is 5.93. The van der Waals surface area contributed by atoms with Crippen LogP contribution in [0.1, 0.15) is 5.56 Å². The van der Waals surface area contributed by atoms with Crippen molar-refractivity contribution in [2.45, 2.75) is 18.8 Å². The van der Waals surface area contributed by atoms with Gasteiger partial charge in [0.05, 0.1) is 6.17 Å². The minimum Gasteiger partial charge on any atom is -0.454 e. The number of rotatable bonds is 5. The van der Waals surface area contributed by atoms with Crippen LogP contribution in [0.2, 0.25) is 0 Å². The van der Waals surface area contributed by atoms with E-state index in [-0.39, 0.29) is 24.7 Å². The average Bonchev–Trinajstić information content (AvgIpc) is 3.30. The predicted molar refractivity (Wildman–Crippen MR) is 91.4 cm³/mol. The van der Waals surface area contributed by atoms with E-state index in [1.54, 1.807) is 0 Å². The van der Waals surface area contributed by atoms with Crippen LogP contribution in [-0.2, 0) is 11.3 Å². The molecular weight excluding hydrogens is 341 g/mol. The molecule has 2 aromatic rings. The summed E-state index contributed by atoms with van der Waals surface area (Å²) in [6.07, 6.45) is -0.346. The Morgan fingerprint density at radius 1 is 1.12 bits per heavy atom. The van der Waals surface area contributed by atoms with Gasteiger partial charge in [0.1, 0.15) is 11.9 Å². The van der Waals surface area contributed by atoms with Gasteiger partial charge < -0.3 is 14.8 Å². The van der Waals surface area contributed by atoms with Gasteiger partial charge in [0.2, 0.25) is 12.7 Å². The normalized spacial score (nSPS) is 21.0. The smallest absolute Gasteiger partial charge is 0.245 e. The first-order valence-corrected chi connectivity index (χ1v) is 8.13. The molecule has 0 spiro atoms. The van der Waals surface area contributed by atoms with Crippen molar-refractivity contribution in [1.82, 2.24) is 21.7 Å². The van der Waals surface area contributed by atoms with Crippen LogP contribution in [0.4, 0.5) is 10.1 Å². The first-order chi connectivity index (χ1) is 12.7. The van der Waals surface area contributed by atoms with E-state index in [0.29, 0.717) is 18.0 Å². The standard InChI is InChI=1S/C17H18FN5O3/c18-11-2-4-12(5-3-11)20-17(24)15-16(22-23-21-15)19-8-10-1-6-13-14(7-10)26-9-25-13/h1-7,15-16,19,21-23H,8-9H2,(H,20,24). The van der Waals surface area contributed by atoms with Crippen LogP contribution in [0.5, 0.6) is 11.5 Å². The molecule has 4 rings (SSSR count). The third-order valence-corrected chi connectivity index (χ3v) is 4.15. The molecule has 1 saturated heterocycles. The van der Waals surface area contributed by atoms with Crippen LogP contribution in [0.25, 0.3) is 0 Å². The number of carbonyl (C=O) groups is 1. The topological polar surface area (TPSA) is 95.7 Å². The monoisotopic (exact) mass is 359 g/mol. The van der Waals surface area contributed by atoms with Crippen molar-refractivity contribution in [3.63, 3.8) is 0 Å². The molecule has 2 aromatic carbocycles. The van der Waals surface area contributed by atoms with Crippen LogP contribution in [-0.4, -0.2) is 24.9 Å². The summed E-state index contributed by atoms with van der Waals surface area (Å²) in [4.78, 5) is 12.5. The highest BCUT2D eigenvalue weighted by molar-refractivity contribution is 5.95. The lowest BCUT2D eigenvalue weighted by atomic mass is 10.1. The number of hydrogen-bond acceptors (Lipinski definition) is 7. The largest absolute Gasteiger partial charge is 0.454 e. The zero-order valence-corrected chi connectivity index (χ0v) is 13.7. The fourth-order valence-electron chi connectivity index (χ4n) is 2.78. The number of hydrazine groups is 2. The van der Waals surface area contributed by atoms with Crippen LogP contribution in [0.3, 0.4) is 0 Å². The average molecular weight is 359 g/mol. The van der Waals surface area contributed by atoms with Gasteiger partial charge in [-0.05, 0) is 42.0 Å². The van der Waals surface area contributed by atoms with E-state index in [4.69, 9.17) is 9.47 Å². The quantitative estimate of drug-likeness (QED) is 0.533. The minimum absolute atomic E-state index is 0.232. The van der Waals surface area contributed by atoms with E-state index >= 15 is 0 Å². The molecule has 26 heavy (non-hydrogen) atoms. The van der Waals surface area contributed by atoms with E-state index in [9.17, 15) is 9.18 Å². The highest BCUT2D eigenvalue weighted by atomic mass is 19.1.